The van der Waals surface area contributed by atoms with Gasteiger partial charge in [-0.2, -0.15) is 0 Å². The Morgan fingerprint density at radius 1 is 1.17 bits per heavy atom. The molecule has 2 nitrogen and oxygen atoms in total. The van der Waals surface area contributed by atoms with Gasteiger partial charge in [-0.25, -0.2) is 0 Å². The first-order chi connectivity index (χ1) is 8.83. The van der Waals surface area contributed by atoms with Gasteiger partial charge in [0.1, 0.15) is 5.75 Å². The Bertz CT molecular complexity index is 347. The minimum absolute atomic E-state index is 0.699. The predicted octanol–water partition coefficient (Wildman–Crippen LogP) is 3.41. The van der Waals surface area contributed by atoms with Crippen molar-refractivity contribution in [3.8, 4) is 5.75 Å². The topological polar surface area (TPSA) is 21.3 Å². The van der Waals surface area contributed by atoms with E-state index in [1.165, 1.54) is 37.7 Å². The number of hydrogen-bond acceptors (Lipinski definition) is 2. The minimum atomic E-state index is 0.699. The van der Waals surface area contributed by atoms with Gasteiger partial charge in [-0.05, 0) is 56.8 Å². The summed E-state index contributed by atoms with van der Waals surface area (Å²) < 4.78 is 5.48. The van der Waals surface area contributed by atoms with Gasteiger partial charge in [-0.3, -0.25) is 0 Å². The average Bonchev–Trinajstić information content (AvgIpc) is 2.42. The van der Waals surface area contributed by atoms with Crippen LogP contribution >= 0.6 is 0 Å². The zero-order chi connectivity index (χ0) is 12.8. The number of hydrogen-bond donors (Lipinski definition) is 1. The van der Waals surface area contributed by atoms with E-state index in [0.717, 1.165) is 18.3 Å². The van der Waals surface area contributed by atoms with Gasteiger partial charge < -0.3 is 10.1 Å². The van der Waals surface area contributed by atoms with Gasteiger partial charge in [0.15, 0.2) is 0 Å². The van der Waals surface area contributed by atoms with Gasteiger partial charge in [0.25, 0.3) is 0 Å². The van der Waals surface area contributed by atoms with Gasteiger partial charge in [0.2, 0.25) is 0 Å². The molecule has 1 fully saturated rings. The van der Waals surface area contributed by atoms with Gasteiger partial charge in [0.05, 0.1) is 6.61 Å². The number of ether oxygens (including phenoxy) is 1. The molecule has 2 unspecified atom stereocenters. The first-order valence-electron chi connectivity index (χ1n) is 7.22. The fourth-order valence-corrected chi connectivity index (χ4v) is 3.02. The summed E-state index contributed by atoms with van der Waals surface area (Å²) in [6.45, 7) is 2.76. The fraction of sp³-hybridized carbons (Fsp3) is 0.625. The van der Waals surface area contributed by atoms with E-state index in [-0.39, 0.29) is 0 Å². The maximum atomic E-state index is 5.48. The summed E-state index contributed by atoms with van der Waals surface area (Å²) in [7, 11) is 2.10. The Kier molecular flexibility index (Phi) is 5.06. The van der Waals surface area contributed by atoms with Crippen LogP contribution < -0.4 is 10.1 Å². The summed E-state index contributed by atoms with van der Waals surface area (Å²) in [5.41, 5.74) is 1.44. The summed E-state index contributed by atoms with van der Waals surface area (Å²) in [6.07, 6.45) is 6.65. The van der Waals surface area contributed by atoms with Gasteiger partial charge in [0, 0.05) is 6.04 Å². The lowest BCUT2D eigenvalue weighted by molar-refractivity contribution is 0.272. The lowest BCUT2D eigenvalue weighted by Gasteiger charge is -2.31. The molecule has 1 N–H and O–H groups in total. The van der Waals surface area contributed by atoms with Crippen LogP contribution in [0.5, 0.6) is 5.75 Å². The van der Waals surface area contributed by atoms with Crippen molar-refractivity contribution in [1.82, 2.24) is 5.32 Å². The van der Waals surface area contributed by atoms with Crippen LogP contribution in [0.2, 0.25) is 0 Å². The molecule has 0 radical (unpaired) electrons. The molecule has 18 heavy (non-hydrogen) atoms. The van der Waals surface area contributed by atoms with Crippen molar-refractivity contribution >= 4 is 0 Å². The molecule has 0 heterocycles. The van der Waals surface area contributed by atoms with Crippen LogP contribution in [-0.4, -0.2) is 19.7 Å². The third kappa shape index (κ3) is 3.49. The van der Waals surface area contributed by atoms with Crippen LogP contribution in [0.4, 0.5) is 0 Å². The number of benzene rings is 1. The van der Waals surface area contributed by atoms with Gasteiger partial charge >= 0.3 is 0 Å². The molecule has 2 atom stereocenters. The molecule has 0 amide bonds. The Morgan fingerprint density at radius 3 is 2.56 bits per heavy atom. The first kappa shape index (κ1) is 13.4. The Hall–Kier alpha value is -1.02. The monoisotopic (exact) mass is 247 g/mol. The maximum Gasteiger partial charge on any atom is 0.119 e. The summed E-state index contributed by atoms with van der Waals surface area (Å²) in [4.78, 5) is 0. The van der Waals surface area contributed by atoms with Crippen molar-refractivity contribution in [3.05, 3.63) is 29.8 Å². The summed E-state index contributed by atoms with van der Waals surface area (Å²) >= 11 is 0. The van der Waals surface area contributed by atoms with E-state index in [2.05, 4.69) is 36.6 Å². The molecule has 2 heteroatoms. The predicted molar refractivity (Wildman–Crippen MR) is 76.1 cm³/mol. The van der Waals surface area contributed by atoms with E-state index >= 15 is 0 Å². The standard InChI is InChI=1S/C16H25NO/c1-3-18-15-10-8-13(9-11-15)12-14-6-4-5-7-16(14)17-2/h8-11,14,16-17H,3-7,12H2,1-2H3. The second-order valence-electron chi connectivity index (χ2n) is 5.22. The molecule has 0 bridgehead atoms. The molecular formula is C16H25NO. The molecule has 1 aliphatic carbocycles. The largest absolute Gasteiger partial charge is 0.494 e. The highest BCUT2D eigenvalue weighted by molar-refractivity contribution is 5.27. The second-order valence-corrected chi connectivity index (χ2v) is 5.22. The molecule has 1 aliphatic rings. The average molecular weight is 247 g/mol. The summed E-state index contributed by atoms with van der Waals surface area (Å²) in [6, 6.07) is 9.32. The van der Waals surface area contributed by atoms with Crippen molar-refractivity contribution in [2.24, 2.45) is 5.92 Å². The van der Waals surface area contributed by atoms with Crippen molar-refractivity contribution < 1.29 is 4.74 Å². The fourth-order valence-electron chi connectivity index (χ4n) is 3.02. The number of nitrogens with one attached hydrogen (secondary N) is 1. The van der Waals surface area contributed by atoms with Gasteiger partial charge in [-0.15, -0.1) is 0 Å². The molecule has 100 valence electrons. The third-order valence-electron chi connectivity index (χ3n) is 4.01. The van der Waals surface area contributed by atoms with Crippen molar-refractivity contribution in [1.29, 1.82) is 0 Å². The van der Waals surface area contributed by atoms with E-state index in [9.17, 15) is 0 Å². The third-order valence-corrected chi connectivity index (χ3v) is 4.01. The van der Waals surface area contributed by atoms with Gasteiger partial charge in [-0.1, -0.05) is 25.0 Å². The highest BCUT2D eigenvalue weighted by Crippen LogP contribution is 2.27. The zero-order valence-electron chi connectivity index (χ0n) is 11.6. The van der Waals surface area contributed by atoms with E-state index in [1.807, 2.05) is 6.92 Å². The first-order valence-corrected chi connectivity index (χ1v) is 7.22. The van der Waals surface area contributed by atoms with E-state index in [1.54, 1.807) is 0 Å². The van der Waals surface area contributed by atoms with Crippen molar-refractivity contribution in [2.75, 3.05) is 13.7 Å². The lowest BCUT2D eigenvalue weighted by atomic mass is 9.81. The van der Waals surface area contributed by atoms with E-state index in [0.29, 0.717) is 6.04 Å². The molecule has 0 aliphatic heterocycles. The molecule has 2 rings (SSSR count). The summed E-state index contributed by atoms with van der Waals surface area (Å²) in [5.74, 6) is 1.77. The smallest absolute Gasteiger partial charge is 0.119 e. The highest BCUT2D eigenvalue weighted by atomic mass is 16.5. The second kappa shape index (κ2) is 6.79. The zero-order valence-corrected chi connectivity index (χ0v) is 11.6. The van der Waals surface area contributed by atoms with Crippen LogP contribution in [0.15, 0.2) is 24.3 Å². The molecule has 1 saturated carbocycles. The van der Waals surface area contributed by atoms with Crippen LogP contribution in [0, 0.1) is 5.92 Å². The normalized spacial score (nSPS) is 23.9. The van der Waals surface area contributed by atoms with E-state index in [4.69, 9.17) is 4.74 Å². The molecule has 0 saturated heterocycles. The molecular weight excluding hydrogens is 222 g/mol. The Labute approximate surface area is 111 Å². The highest BCUT2D eigenvalue weighted by Gasteiger charge is 2.23. The number of rotatable bonds is 5. The minimum Gasteiger partial charge on any atom is -0.494 e. The molecule has 1 aromatic rings. The van der Waals surface area contributed by atoms with Crippen molar-refractivity contribution in [3.63, 3.8) is 0 Å². The Balaban J connectivity index is 1.95. The molecule has 0 spiro atoms. The van der Waals surface area contributed by atoms with Crippen LogP contribution in [0.3, 0.4) is 0 Å². The lowest BCUT2D eigenvalue weighted by Crippen LogP contribution is -2.37. The van der Waals surface area contributed by atoms with Crippen molar-refractivity contribution in [2.45, 2.75) is 45.1 Å². The van der Waals surface area contributed by atoms with Crippen LogP contribution in [0.1, 0.15) is 38.2 Å². The van der Waals surface area contributed by atoms with Crippen LogP contribution in [-0.2, 0) is 6.42 Å². The maximum absolute atomic E-state index is 5.48. The molecule has 1 aromatic carbocycles. The van der Waals surface area contributed by atoms with E-state index < -0.39 is 0 Å². The summed E-state index contributed by atoms with van der Waals surface area (Å²) in [5, 5.41) is 3.48. The molecule has 0 aromatic heterocycles. The van der Waals surface area contributed by atoms with Crippen LogP contribution in [0.25, 0.3) is 0 Å². The SMILES string of the molecule is CCOc1ccc(CC2CCCCC2NC)cc1. The Morgan fingerprint density at radius 2 is 1.89 bits per heavy atom. The quantitative estimate of drug-likeness (QED) is 0.861.